The van der Waals surface area contributed by atoms with E-state index in [-0.39, 0.29) is 0 Å². The summed E-state index contributed by atoms with van der Waals surface area (Å²) < 4.78 is 0. The molecule has 2 heteroatoms. The Morgan fingerprint density at radius 1 is 1.27 bits per heavy atom. The Morgan fingerprint density at radius 2 is 2.13 bits per heavy atom. The Bertz CT molecular complexity index is 529. The van der Waals surface area contributed by atoms with Crippen molar-refractivity contribution in [3.63, 3.8) is 0 Å². The van der Waals surface area contributed by atoms with Gasteiger partial charge in [0, 0.05) is 17.1 Å². The van der Waals surface area contributed by atoms with Crippen molar-refractivity contribution in [3.05, 3.63) is 41.6 Å². The summed E-state index contributed by atoms with van der Waals surface area (Å²) >= 11 is 0. The van der Waals surface area contributed by atoms with Gasteiger partial charge in [0.25, 0.3) is 0 Å². The monoisotopic (exact) mass is 197 g/mol. The molecule has 0 radical (unpaired) electrons. The fourth-order valence-corrected chi connectivity index (χ4v) is 2.01. The van der Waals surface area contributed by atoms with Gasteiger partial charge < -0.3 is 0 Å². The molecule has 0 aliphatic heterocycles. The largest absolute Gasteiger partial charge is 0.298 e. The summed E-state index contributed by atoms with van der Waals surface area (Å²) in [6, 6.07) is 7.77. The molecule has 1 aliphatic rings. The zero-order chi connectivity index (χ0) is 10.3. The van der Waals surface area contributed by atoms with Gasteiger partial charge in [0.1, 0.15) is 6.29 Å². The van der Waals surface area contributed by atoms with Crippen molar-refractivity contribution >= 4 is 17.2 Å². The van der Waals surface area contributed by atoms with Crippen LogP contribution in [-0.2, 0) is 0 Å². The number of rotatable bonds is 2. The first-order valence-corrected chi connectivity index (χ1v) is 5.22. The lowest BCUT2D eigenvalue weighted by atomic mass is 10.0. The van der Waals surface area contributed by atoms with Gasteiger partial charge in [-0.1, -0.05) is 0 Å². The quantitative estimate of drug-likeness (QED) is 0.693. The molecule has 0 atom stereocenters. The molecule has 0 unspecified atom stereocenters. The summed E-state index contributed by atoms with van der Waals surface area (Å²) in [7, 11) is 0. The number of nitrogens with zero attached hydrogens (tertiary/aromatic N) is 1. The number of benzene rings is 1. The molecule has 1 heterocycles. The number of aromatic nitrogens is 1. The van der Waals surface area contributed by atoms with E-state index in [0.29, 0.717) is 5.92 Å². The normalized spacial score (nSPS) is 15.5. The summed E-state index contributed by atoms with van der Waals surface area (Å²) in [5.41, 5.74) is 3.08. The summed E-state index contributed by atoms with van der Waals surface area (Å²) in [5, 5.41) is 1.14. The van der Waals surface area contributed by atoms with Gasteiger partial charge in [-0.3, -0.25) is 9.78 Å². The average Bonchev–Trinajstić information content (AvgIpc) is 3.11. The number of carbonyl (C=O) groups is 1. The molecule has 1 aromatic heterocycles. The molecular formula is C13H11NO. The standard InChI is InChI=1S/C13H11NO/c15-8-9-1-4-13-12(7-9)11(5-6-14-13)10-2-3-10/h1,4-8,10H,2-3H2. The van der Waals surface area contributed by atoms with E-state index in [4.69, 9.17) is 0 Å². The van der Waals surface area contributed by atoms with Crippen LogP contribution in [0, 0.1) is 0 Å². The molecule has 2 nitrogen and oxygen atoms in total. The molecule has 1 saturated carbocycles. The highest BCUT2D eigenvalue weighted by Gasteiger charge is 2.25. The van der Waals surface area contributed by atoms with Crippen molar-refractivity contribution in [2.24, 2.45) is 0 Å². The lowest BCUT2D eigenvalue weighted by Gasteiger charge is -2.04. The minimum absolute atomic E-state index is 0.692. The Morgan fingerprint density at radius 3 is 2.87 bits per heavy atom. The van der Waals surface area contributed by atoms with E-state index < -0.39 is 0 Å². The summed E-state index contributed by atoms with van der Waals surface area (Å²) in [6.45, 7) is 0. The van der Waals surface area contributed by atoms with Crippen LogP contribution in [0.4, 0.5) is 0 Å². The van der Waals surface area contributed by atoms with E-state index in [1.165, 1.54) is 18.4 Å². The van der Waals surface area contributed by atoms with Crippen molar-refractivity contribution < 1.29 is 4.79 Å². The highest BCUT2D eigenvalue weighted by Crippen LogP contribution is 2.42. The molecule has 0 saturated heterocycles. The molecule has 3 rings (SSSR count). The van der Waals surface area contributed by atoms with Gasteiger partial charge >= 0.3 is 0 Å². The number of fused-ring (bicyclic) bond motifs is 1. The van der Waals surface area contributed by atoms with Crippen LogP contribution < -0.4 is 0 Å². The first-order valence-electron chi connectivity index (χ1n) is 5.22. The van der Waals surface area contributed by atoms with Gasteiger partial charge in [-0.25, -0.2) is 0 Å². The van der Waals surface area contributed by atoms with Crippen LogP contribution in [0.5, 0.6) is 0 Å². The van der Waals surface area contributed by atoms with Crippen LogP contribution in [0.25, 0.3) is 10.9 Å². The van der Waals surface area contributed by atoms with Crippen LogP contribution >= 0.6 is 0 Å². The second kappa shape index (κ2) is 3.16. The third-order valence-corrected chi connectivity index (χ3v) is 2.95. The number of carbonyl (C=O) groups excluding carboxylic acids is 1. The van der Waals surface area contributed by atoms with Crippen LogP contribution in [0.1, 0.15) is 34.7 Å². The lowest BCUT2D eigenvalue weighted by molar-refractivity contribution is 0.112. The lowest BCUT2D eigenvalue weighted by Crippen LogP contribution is -1.88. The Balaban J connectivity index is 2.29. The Hall–Kier alpha value is -1.70. The molecular weight excluding hydrogens is 186 g/mol. The zero-order valence-electron chi connectivity index (χ0n) is 8.31. The van der Waals surface area contributed by atoms with Crippen LogP contribution in [-0.4, -0.2) is 11.3 Å². The molecule has 2 aromatic rings. The van der Waals surface area contributed by atoms with Gasteiger partial charge in [-0.05, 0) is 48.6 Å². The maximum absolute atomic E-state index is 10.7. The van der Waals surface area contributed by atoms with Crippen LogP contribution in [0.15, 0.2) is 30.5 Å². The van der Waals surface area contributed by atoms with Gasteiger partial charge in [-0.2, -0.15) is 0 Å². The molecule has 1 fully saturated rings. The fourth-order valence-electron chi connectivity index (χ4n) is 2.01. The van der Waals surface area contributed by atoms with E-state index in [1.807, 2.05) is 24.4 Å². The topological polar surface area (TPSA) is 30.0 Å². The molecule has 0 spiro atoms. The molecule has 15 heavy (non-hydrogen) atoms. The van der Waals surface area contributed by atoms with E-state index in [0.717, 1.165) is 22.8 Å². The number of pyridine rings is 1. The van der Waals surface area contributed by atoms with Gasteiger partial charge in [0.05, 0.1) is 5.52 Å². The SMILES string of the molecule is O=Cc1ccc2nccc(C3CC3)c2c1. The number of hydrogen-bond acceptors (Lipinski definition) is 2. The van der Waals surface area contributed by atoms with Crippen molar-refractivity contribution in [3.8, 4) is 0 Å². The van der Waals surface area contributed by atoms with Crippen molar-refractivity contribution in [1.29, 1.82) is 0 Å². The highest BCUT2D eigenvalue weighted by molar-refractivity contribution is 5.89. The van der Waals surface area contributed by atoms with E-state index in [9.17, 15) is 4.79 Å². The van der Waals surface area contributed by atoms with E-state index in [2.05, 4.69) is 11.1 Å². The molecule has 0 bridgehead atoms. The maximum Gasteiger partial charge on any atom is 0.150 e. The maximum atomic E-state index is 10.7. The fraction of sp³-hybridized carbons (Fsp3) is 0.231. The molecule has 1 aliphatic carbocycles. The molecule has 1 aromatic carbocycles. The first kappa shape index (κ1) is 8.60. The molecule has 74 valence electrons. The third-order valence-electron chi connectivity index (χ3n) is 2.95. The zero-order valence-corrected chi connectivity index (χ0v) is 8.31. The van der Waals surface area contributed by atoms with Gasteiger partial charge in [0.15, 0.2) is 0 Å². The van der Waals surface area contributed by atoms with Crippen molar-refractivity contribution in [2.45, 2.75) is 18.8 Å². The molecule has 0 N–H and O–H groups in total. The van der Waals surface area contributed by atoms with Gasteiger partial charge in [0.2, 0.25) is 0 Å². The van der Waals surface area contributed by atoms with Crippen molar-refractivity contribution in [2.75, 3.05) is 0 Å². The minimum Gasteiger partial charge on any atom is -0.298 e. The van der Waals surface area contributed by atoms with Crippen LogP contribution in [0.2, 0.25) is 0 Å². The minimum atomic E-state index is 0.692. The van der Waals surface area contributed by atoms with Gasteiger partial charge in [-0.15, -0.1) is 0 Å². The summed E-state index contributed by atoms with van der Waals surface area (Å²) in [4.78, 5) is 15.0. The predicted molar refractivity (Wildman–Crippen MR) is 59.1 cm³/mol. The van der Waals surface area contributed by atoms with Crippen LogP contribution in [0.3, 0.4) is 0 Å². The summed E-state index contributed by atoms with van der Waals surface area (Å²) in [5.74, 6) is 0.692. The molecule has 0 amide bonds. The second-order valence-electron chi connectivity index (χ2n) is 4.07. The third kappa shape index (κ3) is 1.42. The van der Waals surface area contributed by atoms with E-state index in [1.54, 1.807) is 0 Å². The first-order chi connectivity index (χ1) is 7.38. The van der Waals surface area contributed by atoms with Crippen molar-refractivity contribution in [1.82, 2.24) is 4.98 Å². The Labute approximate surface area is 87.9 Å². The summed E-state index contributed by atoms with van der Waals surface area (Å²) in [6.07, 6.45) is 5.29. The number of hydrogen-bond donors (Lipinski definition) is 0. The van der Waals surface area contributed by atoms with E-state index >= 15 is 0 Å². The highest BCUT2D eigenvalue weighted by atomic mass is 16.1. The average molecular weight is 197 g/mol. The Kier molecular flexibility index (Phi) is 1.81. The number of aldehydes is 1. The predicted octanol–water partition coefficient (Wildman–Crippen LogP) is 2.92. The smallest absolute Gasteiger partial charge is 0.150 e. The second-order valence-corrected chi connectivity index (χ2v) is 4.07.